The highest BCUT2D eigenvalue weighted by Gasteiger charge is 2.25. The summed E-state index contributed by atoms with van der Waals surface area (Å²) < 4.78 is 1.05. The minimum absolute atomic E-state index is 0.173. The van der Waals surface area contributed by atoms with Crippen molar-refractivity contribution >= 4 is 21.8 Å². The Kier molecular flexibility index (Phi) is 5.79. The Hall–Kier alpha value is -0.910. The Labute approximate surface area is 135 Å². The molecule has 0 radical (unpaired) electrons. The van der Waals surface area contributed by atoms with E-state index >= 15 is 0 Å². The van der Waals surface area contributed by atoms with E-state index < -0.39 is 0 Å². The van der Waals surface area contributed by atoms with Gasteiger partial charge in [0, 0.05) is 43.2 Å². The predicted molar refractivity (Wildman–Crippen MR) is 89.1 cm³/mol. The number of hydrogen-bond donors (Lipinski definition) is 1. The highest BCUT2D eigenvalue weighted by molar-refractivity contribution is 9.10. The van der Waals surface area contributed by atoms with Crippen molar-refractivity contribution in [2.24, 2.45) is 0 Å². The SMILES string of the molecule is CC1CN(CC(=O)N(C)Cc2ccccc2Br)C(C)CN1. The van der Waals surface area contributed by atoms with E-state index in [4.69, 9.17) is 0 Å². The summed E-state index contributed by atoms with van der Waals surface area (Å²) in [7, 11) is 1.87. The van der Waals surface area contributed by atoms with Gasteiger partial charge in [-0.15, -0.1) is 0 Å². The van der Waals surface area contributed by atoms with Gasteiger partial charge < -0.3 is 10.2 Å². The number of rotatable bonds is 4. The van der Waals surface area contributed by atoms with E-state index in [9.17, 15) is 4.79 Å². The molecule has 21 heavy (non-hydrogen) atoms. The molecule has 0 bridgehead atoms. The normalized spacial score (nSPS) is 23.0. The van der Waals surface area contributed by atoms with Gasteiger partial charge >= 0.3 is 0 Å². The molecule has 1 amide bonds. The van der Waals surface area contributed by atoms with Crippen molar-refractivity contribution in [3.05, 3.63) is 34.3 Å². The van der Waals surface area contributed by atoms with E-state index in [1.165, 1.54) is 0 Å². The molecule has 5 heteroatoms. The van der Waals surface area contributed by atoms with Gasteiger partial charge in [-0.1, -0.05) is 34.1 Å². The van der Waals surface area contributed by atoms with Gasteiger partial charge in [0.25, 0.3) is 0 Å². The number of nitrogens with one attached hydrogen (secondary N) is 1. The van der Waals surface area contributed by atoms with Crippen molar-refractivity contribution in [3.8, 4) is 0 Å². The molecule has 0 aliphatic carbocycles. The van der Waals surface area contributed by atoms with E-state index in [0.717, 1.165) is 23.1 Å². The Bertz CT molecular complexity index is 494. The molecule has 1 aliphatic rings. The van der Waals surface area contributed by atoms with E-state index in [-0.39, 0.29) is 5.91 Å². The van der Waals surface area contributed by atoms with Gasteiger partial charge in [-0.2, -0.15) is 0 Å². The molecule has 2 unspecified atom stereocenters. The van der Waals surface area contributed by atoms with Crippen molar-refractivity contribution in [3.63, 3.8) is 0 Å². The highest BCUT2D eigenvalue weighted by atomic mass is 79.9. The van der Waals surface area contributed by atoms with Crippen LogP contribution in [0.3, 0.4) is 0 Å². The van der Waals surface area contributed by atoms with Crippen molar-refractivity contribution in [2.75, 3.05) is 26.7 Å². The first-order chi connectivity index (χ1) is 9.97. The third-order valence-electron chi connectivity index (χ3n) is 4.02. The monoisotopic (exact) mass is 353 g/mol. The zero-order valence-corrected chi connectivity index (χ0v) is 14.6. The minimum atomic E-state index is 0.173. The Morgan fingerprint density at radius 1 is 1.43 bits per heavy atom. The summed E-state index contributed by atoms with van der Waals surface area (Å²) in [6.07, 6.45) is 0. The number of carbonyl (C=O) groups excluding carboxylic acids is 1. The van der Waals surface area contributed by atoms with Crippen LogP contribution >= 0.6 is 15.9 Å². The number of nitrogens with zero attached hydrogens (tertiary/aromatic N) is 2. The molecule has 1 aliphatic heterocycles. The molecule has 2 rings (SSSR count). The third-order valence-corrected chi connectivity index (χ3v) is 4.80. The molecule has 0 spiro atoms. The van der Waals surface area contributed by atoms with Gasteiger partial charge in [0.05, 0.1) is 6.54 Å². The molecule has 0 saturated carbocycles. The molecule has 4 nitrogen and oxygen atoms in total. The van der Waals surface area contributed by atoms with Crippen molar-refractivity contribution in [2.45, 2.75) is 32.5 Å². The summed E-state index contributed by atoms with van der Waals surface area (Å²) in [5.41, 5.74) is 1.13. The Balaban J connectivity index is 1.92. The Morgan fingerprint density at radius 2 is 2.14 bits per heavy atom. The summed E-state index contributed by atoms with van der Waals surface area (Å²) in [6, 6.07) is 8.89. The van der Waals surface area contributed by atoms with E-state index in [1.54, 1.807) is 4.90 Å². The van der Waals surface area contributed by atoms with Crippen LogP contribution in [0.15, 0.2) is 28.7 Å². The first-order valence-electron chi connectivity index (χ1n) is 7.42. The number of halogens is 1. The molecule has 1 N–H and O–H groups in total. The summed E-state index contributed by atoms with van der Waals surface area (Å²) in [4.78, 5) is 16.5. The lowest BCUT2D eigenvalue weighted by atomic mass is 10.1. The number of benzene rings is 1. The van der Waals surface area contributed by atoms with Crippen LogP contribution in [0.5, 0.6) is 0 Å². The zero-order valence-electron chi connectivity index (χ0n) is 13.0. The minimum Gasteiger partial charge on any atom is -0.340 e. The summed E-state index contributed by atoms with van der Waals surface area (Å²) in [5.74, 6) is 0.173. The summed E-state index contributed by atoms with van der Waals surface area (Å²) in [5, 5.41) is 3.44. The third kappa shape index (κ3) is 4.53. The van der Waals surface area contributed by atoms with Crippen molar-refractivity contribution in [1.82, 2.24) is 15.1 Å². The number of likely N-dealkylation sites (N-methyl/N-ethyl adjacent to an activating group) is 1. The maximum Gasteiger partial charge on any atom is 0.236 e. The van der Waals surface area contributed by atoms with Gasteiger partial charge in [0.2, 0.25) is 5.91 Å². The molecule has 1 saturated heterocycles. The maximum atomic E-state index is 12.4. The number of piperazine rings is 1. The number of hydrogen-bond acceptors (Lipinski definition) is 3. The summed E-state index contributed by atoms with van der Waals surface area (Å²) in [6.45, 7) is 7.33. The second-order valence-electron chi connectivity index (χ2n) is 5.93. The van der Waals surface area contributed by atoms with Gasteiger partial charge in [-0.05, 0) is 25.5 Å². The second-order valence-corrected chi connectivity index (χ2v) is 6.78. The van der Waals surface area contributed by atoms with E-state index in [0.29, 0.717) is 25.2 Å². The van der Waals surface area contributed by atoms with Gasteiger partial charge in [-0.3, -0.25) is 9.69 Å². The van der Waals surface area contributed by atoms with Crippen molar-refractivity contribution in [1.29, 1.82) is 0 Å². The summed E-state index contributed by atoms with van der Waals surface area (Å²) >= 11 is 3.53. The lowest BCUT2D eigenvalue weighted by molar-refractivity contribution is -0.132. The zero-order chi connectivity index (χ0) is 15.4. The van der Waals surface area contributed by atoms with E-state index in [1.807, 2.05) is 31.3 Å². The largest absolute Gasteiger partial charge is 0.340 e. The molecular formula is C16H24BrN3O. The van der Waals surface area contributed by atoms with Gasteiger partial charge in [0.1, 0.15) is 0 Å². The lowest BCUT2D eigenvalue weighted by Crippen LogP contribution is -2.56. The fourth-order valence-corrected chi connectivity index (χ4v) is 2.99. The molecule has 1 heterocycles. The maximum absolute atomic E-state index is 12.4. The topological polar surface area (TPSA) is 35.6 Å². The smallest absolute Gasteiger partial charge is 0.236 e. The highest BCUT2D eigenvalue weighted by Crippen LogP contribution is 2.17. The quantitative estimate of drug-likeness (QED) is 0.900. The van der Waals surface area contributed by atoms with Crippen LogP contribution in [0, 0.1) is 0 Å². The first kappa shape index (κ1) is 16.5. The number of amides is 1. The van der Waals surface area contributed by atoms with Gasteiger partial charge in [-0.25, -0.2) is 0 Å². The van der Waals surface area contributed by atoms with Crippen LogP contribution in [0.25, 0.3) is 0 Å². The molecule has 1 aromatic carbocycles. The molecule has 1 fully saturated rings. The standard InChI is InChI=1S/C16H24BrN3O/c1-12-9-20(13(2)8-18-12)11-16(21)19(3)10-14-6-4-5-7-15(14)17/h4-7,12-13,18H,8-11H2,1-3H3. The fraction of sp³-hybridized carbons (Fsp3) is 0.562. The number of carbonyl (C=O) groups is 1. The first-order valence-corrected chi connectivity index (χ1v) is 8.21. The van der Waals surface area contributed by atoms with Crippen LogP contribution < -0.4 is 5.32 Å². The average molecular weight is 354 g/mol. The second kappa shape index (κ2) is 7.38. The van der Waals surface area contributed by atoms with Crippen LogP contribution in [0.2, 0.25) is 0 Å². The fourth-order valence-electron chi connectivity index (χ4n) is 2.58. The van der Waals surface area contributed by atoms with Crippen LogP contribution in [0.1, 0.15) is 19.4 Å². The molecular weight excluding hydrogens is 330 g/mol. The predicted octanol–water partition coefficient (Wildman–Crippen LogP) is 2.09. The van der Waals surface area contributed by atoms with E-state index in [2.05, 4.69) is 40.0 Å². The molecule has 1 aromatic rings. The van der Waals surface area contributed by atoms with Crippen LogP contribution in [-0.2, 0) is 11.3 Å². The van der Waals surface area contributed by atoms with Crippen LogP contribution in [0.4, 0.5) is 0 Å². The Morgan fingerprint density at radius 3 is 2.86 bits per heavy atom. The molecule has 0 aromatic heterocycles. The van der Waals surface area contributed by atoms with Crippen LogP contribution in [-0.4, -0.2) is 54.5 Å². The molecule has 116 valence electrons. The van der Waals surface area contributed by atoms with Gasteiger partial charge in [0.15, 0.2) is 0 Å². The van der Waals surface area contributed by atoms with Crippen molar-refractivity contribution < 1.29 is 4.79 Å². The molecule has 2 atom stereocenters. The average Bonchev–Trinajstić information content (AvgIpc) is 2.45. The lowest BCUT2D eigenvalue weighted by Gasteiger charge is -2.37.